The highest BCUT2D eigenvalue weighted by Gasteiger charge is 2.48. The smallest absolute Gasteiger partial charge is 0.121 e. The molecule has 0 fully saturated rings. The van der Waals surface area contributed by atoms with Crippen molar-refractivity contribution in [3.8, 4) is 0 Å². The number of fused-ring (bicyclic) bond motifs is 2. The molecule has 0 atom stereocenters. The maximum Gasteiger partial charge on any atom is 0.121 e. The molecular formula is C19H20O. The second-order valence-corrected chi connectivity index (χ2v) is 6.53. The first-order chi connectivity index (χ1) is 9.37. The lowest BCUT2D eigenvalue weighted by atomic mass is 9.62. The van der Waals surface area contributed by atoms with Gasteiger partial charge in [0.2, 0.25) is 0 Å². The van der Waals surface area contributed by atoms with Crippen LogP contribution in [0.2, 0.25) is 0 Å². The second kappa shape index (κ2) is 4.07. The molecule has 0 bridgehead atoms. The lowest BCUT2D eigenvalue weighted by Gasteiger charge is -2.46. The Kier molecular flexibility index (Phi) is 2.67. The summed E-state index contributed by atoms with van der Waals surface area (Å²) in [5.74, 6) is 0. The van der Waals surface area contributed by atoms with Crippen LogP contribution in [0.3, 0.4) is 0 Å². The Balaban J connectivity index is 2.43. The molecule has 0 amide bonds. The molecule has 0 spiro atoms. The van der Waals surface area contributed by atoms with Gasteiger partial charge in [0, 0.05) is 0 Å². The minimum Gasteiger partial charge on any atom is -0.380 e. The molecule has 0 unspecified atom stereocenters. The first kappa shape index (κ1) is 13.1. The predicted octanol–water partition coefficient (Wildman–Crippen LogP) is 4.34. The van der Waals surface area contributed by atoms with Gasteiger partial charge in [-0.05, 0) is 33.2 Å². The van der Waals surface area contributed by atoms with Crippen LogP contribution in [0.15, 0.2) is 55.1 Å². The number of hydrogen-bond donors (Lipinski definition) is 1. The number of aliphatic hydroxyl groups is 1. The molecule has 0 radical (unpaired) electrons. The Hall–Kier alpha value is -1.86. The number of benzene rings is 2. The Morgan fingerprint density at radius 3 is 1.65 bits per heavy atom. The highest BCUT2D eigenvalue weighted by molar-refractivity contribution is 5.86. The number of rotatable bonds is 0. The van der Waals surface area contributed by atoms with Crippen molar-refractivity contribution in [2.75, 3.05) is 0 Å². The van der Waals surface area contributed by atoms with Crippen LogP contribution in [0.25, 0.3) is 5.57 Å². The van der Waals surface area contributed by atoms with E-state index in [0.29, 0.717) is 0 Å². The van der Waals surface area contributed by atoms with E-state index in [2.05, 4.69) is 27.4 Å². The van der Waals surface area contributed by atoms with E-state index in [-0.39, 0.29) is 5.41 Å². The highest BCUT2D eigenvalue weighted by Crippen LogP contribution is 2.52. The molecule has 2 aromatic carbocycles. The van der Waals surface area contributed by atoms with Crippen LogP contribution < -0.4 is 0 Å². The van der Waals surface area contributed by atoms with Gasteiger partial charge in [0.25, 0.3) is 0 Å². The van der Waals surface area contributed by atoms with Gasteiger partial charge in [-0.1, -0.05) is 75.9 Å². The van der Waals surface area contributed by atoms with Crippen LogP contribution in [-0.4, -0.2) is 5.11 Å². The van der Waals surface area contributed by atoms with Crippen LogP contribution in [0.1, 0.15) is 43.0 Å². The molecule has 1 nitrogen and oxygen atoms in total. The van der Waals surface area contributed by atoms with E-state index in [1.54, 1.807) is 0 Å². The third-order valence-corrected chi connectivity index (χ3v) is 4.37. The van der Waals surface area contributed by atoms with Crippen LogP contribution in [-0.2, 0) is 5.60 Å². The van der Waals surface area contributed by atoms with Gasteiger partial charge in [-0.2, -0.15) is 0 Å². The zero-order valence-electron chi connectivity index (χ0n) is 12.3. The molecule has 1 heteroatoms. The first-order valence-electron chi connectivity index (χ1n) is 6.98. The Labute approximate surface area is 120 Å². The summed E-state index contributed by atoms with van der Waals surface area (Å²) in [5, 5.41) is 11.6. The normalized spacial score (nSPS) is 16.5. The average Bonchev–Trinajstić information content (AvgIpc) is 2.43. The van der Waals surface area contributed by atoms with Gasteiger partial charge >= 0.3 is 0 Å². The van der Waals surface area contributed by atoms with Crippen LogP contribution in [0.5, 0.6) is 0 Å². The van der Waals surface area contributed by atoms with Gasteiger partial charge in [-0.15, -0.1) is 0 Å². The van der Waals surface area contributed by atoms with Crippen molar-refractivity contribution in [2.24, 2.45) is 5.41 Å². The van der Waals surface area contributed by atoms with Crippen molar-refractivity contribution in [3.05, 3.63) is 77.4 Å². The Morgan fingerprint density at radius 1 is 0.850 bits per heavy atom. The summed E-state index contributed by atoms with van der Waals surface area (Å²) in [6, 6.07) is 16.1. The summed E-state index contributed by atoms with van der Waals surface area (Å²) in [6.45, 7) is 10.5. The Morgan fingerprint density at radius 2 is 1.25 bits per heavy atom. The van der Waals surface area contributed by atoms with E-state index in [1.165, 1.54) is 0 Å². The zero-order chi connectivity index (χ0) is 14.5. The monoisotopic (exact) mass is 264 g/mol. The summed E-state index contributed by atoms with van der Waals surface area (Å²) in [5.41, 5.74) is 3.69. The summed E-state index contributed by atoms with van der Waals surface area (Å²) in [7, 11) is 0. The molecule has 0 saturated carbocycles. The molecule has 102 valence electrons. The summed E-state index contributed by atoms with van der Waals surface area (Å²) < 4.78 is 0. The fourth-order valence-electron chi connectivity index (χ4n) is 3.22. The maximum absolute atomic E-state index is 11.6. The average molecular weight is 264 g/mol. The fraction of sp³-hybridized carbons (Fsp3) is 0.263. The van der Waals surface area contributed by atoms with Crippen LogP contribution in [0.4, 0.5) is 0 Å². The van der Waals surface area contributed by atoms with Crippen molar-refractivity contribution in [1.82, 2.24) is 0 Å². The van der Waals surface area contributed by atoms with Crippen LogP contribution >= 0.6 is 0 Å². The minimum atomic E-state index is -0.999. The largest absolute Gasteiger partial charge is 0.380 e. The summed E-state index contributed by atoms with van der Waals surface area (Å²) in [6.07, 6.45) is 0. The summed E-state index contributed by atoms with van der Waals surface area (Å²) in [4.78, 5) is 0. The van der Waals surface area contributed by atoms with Gasteiger partial charge < -0.3 is 5.11 Å². The predicted molar refractivity (Wildman–Crippen MR) is 83.5 cm³/mol. The molecule has 1 aliphatic carbocycles. The van der Waals surface area contributed by atoms with Crippen LogP contribution in [0, 0.1) is 5.41 Å². The number of hydrogen-bond acceptors (Lipinski definition) is 1. The second-order valence-electron chi connectivity index (χ2n) is 6.53. The van der Waals surface area contributed by atoms with Gasteiger partial charge in [0.1, 0.15) is 5.60 Å². The molecule has 0 aromatic heterocycles. The van der Waals surface area contributed by atoms with Crippen molar-refractivity contribution in [1.29, 1.82) is 0 Å². The van der Waals surface area contributed by atoms with E-state index in [9.17, 15) is 5.11 Å². The first-order valence-corrected chi connectivity index (χ1v) is 6.98. The lowest BCUT2D eigenvalue weighted by Crippen LogP contribution is -2.44. The van der Waals surface area contributed by atoms with E-state index in [1.807, 2.05) is 48.5 Å². The minimum absolute atomic E-state index is 0.306. The van der Waals surface area contributed by atoms with Gasteiger partial charge in [-0.25, -0.2) is 0 Å². The highest BCUT2D eigenvalue weighted by atomic mass is 16.3. The molecule has 0 heterocycles. The van der Waals surface area contributed by atoms with E-state index in [0.717, 1.165) is 27.8 Å². The zero-order valence-corrected chi connectivity index (χ0v) is 12.3. The maximum atomic E-state index is 11.6. The molecule has 2 aromatic rings. The fourth-order valence-corrected chi connectivity index (χ4v) is 3.22. The van der Waals surface area contributed by atoms with Gasteiger partial charge in [-0.3, -0.25) is 0 Å². The molecule has 0 aliphatic heterocycles. The molecule has 1 N–H and O–H groups in total. The molecular weight excluding hydrogens is 244 g/mol. The molecule has 3 rings (SSSR count). The lowest BCUT2D eigenvalue weighted by molar-refractivity contribution is -0.0273. The molecule has 20 heavy (non-hydrogen) atoms. The summed E-state index contributed by atoms with van der Waals surface area (Å²) >= 11 is 0. The standard InChI is InChI=1S/C19H20O/c1-13-14-9-5-7-11-16(14)19(20,18(2,3)4)17-12-8-6-10-15(13)17/h5-12,20H,1H2,2-4H3. The molecule has 1 aliphatic rings. The SMILES string of the molecule is C=C1c2ccccc2C(O)(C(C)(C)C)c2ccccc21. The van der Waals surface area contributed by atoms with Crippen molar-refractivity contribution in [2.45, 2.75) is 26.4 Å². The van der Waals surface area contributed by atoms with Crippen molar-refractivity contribution < 1.29 is 5.11 Å². The molecule has 0 saturated heterocycles. The van der Waals surface area contributed by atoms with Gasteiger partial charge in [0.15, 0.2) is 0 Å². The third kappa shape index (κ3) is 1.53. The Bertz CT molecular complexity index is 639. The van der Waals surface area contributed by atoms with E-state index in [4.69, 9.17) is 0 Å². The van der Waals surface area contributed by atoms with E-state index < -0.39 is 5.60 Å². The topological polar surface area (TPSA) is 20.2 Å². The quantitative estimate of drug-likeness (QED) is 0.750. The van der Waals surface area contributed by atoms with Gasteiger partial charge in [0.05, 0.1) is 0 Å². The van der Waals surface area contributed by atoms with E-state index >= 15 is 0 Å². The third-order valence-electron chi connectivity index (χ3n) is 4.37. The van der Waals surface area contributed by atoms with Crippen molar-refractivity contribution in [3.63, 3.8) is 0 Å². The van der Waals surface area contributed by atoms with Crippen molar-refractivity contribution >= 4 is 5.57 Å².